The number of hydrogen-bond donors (Lipinski definition) is 1. The van der Waals surface area contributed by atoms with Crippen LogP contribution in [0.1, 0.15) is 34.5 Å². The number of methoxy groups -OCH3 is 1. The number of ether oxygens (including phenoxy) is 1. The van der Waals surface area contributed by atoms with Crippen molar-refractivity contribution in [3.05, 3.63) is 52.2 Å². The second-order valence-electron chi connectivity index (χ2n) is 7.32. The Bertz CT molecular complexity index is 821. The summed E-state index contributed by atoms with van der Waals surface area (Å²) in [6.45, 7) is 0.820. The van der Waals surface area contributed by atoms with Gasteiger partial charge in [0.1, 0.15) is 5.75 Å². The van der Waals surface area contributed by atoms with E-state index in [9.17, 15) is 9.59 Å². The number of benzene rings is 1. The molecule has 4 rings (SSSR count). The second kappa shape index (κ2) is 7.72. The van der Waals surface area contributed by atoms with Crippen LogP contribution in [0.3, 0.4) is 0 Å². The van der Waals surface area contributed by atoms with Crippen LogP contribution in [0.15, 0.2) is 41.8 Å². The van der Waals surface area contributed by atoms with Gasteiger partial charge in [0.15, 0.2) is 0 Å². The zero-order chi connectivity index (χ0) is 18.8. The van der Waals surface area contributed by atoms with Crippen molar-refractivity contribution in [2.45, 2.75) is 37.8 Å². The molecule has 1 saturated carbocycles. The highest BCUT2D eigenvalue weighted by atomic mass is 32.1. The first-order valence-electron chi connectivity index (χ1n) is 9.41. The molecule has 2 bridgehead atoms. The molecule has 5 nitrogen and oxygen atoms in total. The maximum Gasteiger partial charge on any atom is 0.261 e. The van der Waals surface area contributed by atoms with Gasteiger partial charge in [0, 0.05) is 19.0 Å². The molecule has 6 heteroatoms. The highest BCUT2D eigenvalue weighted by molar-refractivity contribution is 7.12. The molecule has 142 valence electrons. The molecule has 1 aromatic carbocycles. The van der Waals surface area contributed by atoms with Crippen molar-refractivity contribution in [1.82, 2.24) is 10.2 Å². The van der Waals surface area contributed by atoms with Crippen molar-refractivity contribution in [3.8, 4) is 5.75 Å². The lowest BCUT2D eigenvalue weighted by molar-refractivity contribution is -0.133. The van der Waals surface area contributed by atoms with Crippen molar-refractivity contribution in [2.24, 2.45) is 5.92 Å². The van der Waals surface area contributed by atoms with E-state index in [1.165, 1.54) is 11.3 Å². The molecule has 1 N–H and O–H groups in total. The number of amides is 2. The van der Waals surface area contributed by atoms with E-state index >= 15 is 0 Å². The van der Waals surface area contributed by atoms with Crippen molar-refractivity contribution in [1.29, 1.82) is 0 Å². The summed E-state index contributed by atoms with van der Waals surface area (Å²) in [5, 5.41) is 5.05. The molecule has 1 saturated heterocycles. The van der Waals surface area contributed by atoms with Gasteiger partial charge in [-0.05, 0) is 48.3 Å². The minimum absolute atomic E-state index is 0.0241. The van der Waals surface area contributed by atoms with Gasteiger partial charge in [0.2, 0.25) is 5.91 Å². The SMILES string of the molecule is COc1ccccc1CCC(=O)N1CC2CC(NC(=O)c3cccs3)C1C2. The normalized spacial score (nSPS) is 23.4. The van der Waals surface area contributed by atoms with Gasteiger partial charge in [0.25, 0.3) is 5.91 Å². The Morgan fingerprint density at radius 3 is 2.81 bits per heavy atom. The summed E-state index contributed by atoms with van der Waals surface area (Å²) in [7, 11) is 1.65. The third-order valence-electron chi connectivity index (χ3n) is 5.66. The van der Waals surface area contributed by atoms with Crippen molar-refractivity contribution >= 4 is 23.2 Å². The molecular weight excluding hydrogens is 360 g/mol. The molecular formula is C21H24N2O3S. The van der Waals surface area contributed by atoms with E-state index in [4.69, 9.17) is 4.74 Å². The Hall–Kier alpha value is -2.34. The average Bonchev–Trinajstić information content (AvgIpc) is 3.43. The summed E-state index contributed by atoms with van der Waals surface area (Å²) in [5.41, 5.74) is 1.06. The van der Waals surface area contributed by atoms with Crippen molar-refractivity contribution < 1.29 is 14.3 Å². The van der Waals surface area contributed by atoms with Gasteiger partial charge in [-0.3, -0.25) is 9.59 Å². The van der Waals surface area contributed by atoms with Crippen LogP contribution in [0.25, 0.3) is 0 Å². The monoisotopic (exact) mass is 384 g/mol. The first kappa shape index (κ1) is 18.0. The van der Waals surface area contributed by atoms with Gasteiger partial charge in [-0.25, -0.2) is 0 Å². The van der Waals surface area contributed by atoms with Gasteiger partial charge in [-0.1, -0.05) is 24.3 Å². The number of thiophene rings is 1. The molecule has 0 spiro atoms. The van der Waals surface area contributed by atoms with Crippen LogP contribution in [0.2, 0.25) is 0 Å². The number of nitrogens with one attached hydrogen (secondary N) is 1. The van der Waals surface area contributed by atoms with Gasteiger partial charge in [-0.15, -0.1) is 11.3 Å². The molecule has 2 heterocycles. The molecule has 2 aliphatic rings. The summed E-state index contributed by atoms with van der Waals surface area (Å²) in [4.78, 5) is 27.9. The lowest BCUT2D eigenvalue weighted by Gasteiger charge is -2.33. The molecule has 1 aliphatic carbocycles. The summed E-state index contributed by atoms with van der Waals surface area (Å²) in [6, 6.07) is 11.7. The number of aryl methyl sites for hydroxylation is 1. The second-order valence-corrected chi connectivity index (χ2v) is 8.27. The van der Waals surface area contributed by atoms with E-state index in [1.54, 1.807) is 7.11 Å². The molecule has 2 fully saturated rings. The molecule has 3 atom stereocenters. The molecule has 0 radical (unpaired) electrons. The van der Waals surface area contributed by atoms with E-state index in [0.717, 1.165) is 35.6 Å². The van der Waals surface area contributed by atoms with Crippen LogP contribution in [-0.2, 0) is 11.2 Å². The Morgan fingerprint density at radius 1 is 1.22 bits per heavy atom. The largest absolute Gasteiger partial charge is 0.496 e. The van der Waals surface area contributed by atoms with Crippen LogP contribution in [0.5, 0.6) is 5.75 Å². The lowest BCUT2D eigenvalue weighted by Crippen LogP contribution is -2.51. The number of para-hydroxylation sites is 1. The maximum absolute atomic E-state index is 12.8. The molecule has 1 aromatic heterocycles. The van der Waals surface area contributed by atoms with Crippen LogP contribution in [0, 0.1) is 5.92 Å². The summed E-state index contributed by atoms with van der Waals surface area (Å²) < 4.78 is 5.38. The van der Waals surface area contributed by atoms with E-state index < -0.39 is 0 Å². The number of nitrogens with zero attached hydrogens (tertiary/aromatic N) is 1. The van der Waals surface area contributed by atoms with Crippen molar-refractivity contribution in [2.75, 3.05) is 13.7 Å². The van der Waals surface area contributed by atoms with Crippen LogP contribution in [0.4, 0.5) is 0 Å². The molecule has 2 amide bonds. The highest BCUT2D eigenvalue weighted by Crippen LogP contribution is 2.38. The van der Waals surface area contributed by atoms with E-state index in [-0.39, 0.29) is 23.9 Å². The number of carbonyl (C=O) groups excluding carboxylic acids is 2. The Balaban J connectivity index is 1.36. The molecule has 2 aromatic rings. The van der Waals surface area contributed by atoms with Crippen LogP contribution < -0.4 is 10.1 Å². The third kappa shape index (κ3) is 3.72. The van der Waals surface area contributed by atoms with Crippen LogP contribution in [-0.4, -0.2) is 42.5 Å². The fraction of sp³-hybridized carbons (Fsp3) is 0.429. The minimum Gasteiger partial charge on any atom is -0.496 e. The fourth-order valence-corrected chi connectivity index (χ4v) is 5.04. The lowest BCUT2D eigenvalue weighted by atomic mass is 10.0. The predicted octanol–water partition coefficient (Wildman–Crippen LogP) is 3.11. The molecule has 3 unspecified atom stereocenters. The van der Waals surface area contributed by atoms with Gasteiger partial charge >= 0.3 is 0 Å². The molecule has 27 heavy (non-hydrogen) atoms. The first-order chi connectivity index (χ1) is 13.2. The van der Waals surface area contributed by atoms with Gasteiger partial charge in [-0.2, -0.15) is 0 Å². The third-order valence-corrected chi connectivity index (χ3v) is 6.53. The van der Waals surface area contributed by atoms with Gasteiger partial charge < -0.3 is 15.0 Å². The number of likely N-dealkylation sites (tertiary alicyclic amines) is 1. The fourth-order valence-electron chi connectivity index (χ4n) is 4.41. The number of piperidine rings is 1. The maximum atomic E-state index is 12.8. The first-order valence-corrected chi connectivity index (χ1v) is 10.3. The van der Waals surface area contributed by atoms with Crippen LogP contribution >= 0.6 is 11.3 Å². The smallest absolute Gasteiger partial charge is 0.261 e. The standard InChI is InChI=1S/C21H24N2O3S/c1-26-18-6-3-2-5-15(18)8-9-20(24)23-13-14-11-16(17(23)12-14)22-21(25)19-7-4-10-27-19/h2-7,10,14,16-17H,8-9,11-13H2,1H3,(H,22,25). The Kier molecular flexibility index (Phi) is 5.16. The quantitative estimate of drug-likeness (QED) is 0.833. The predicted molar refractivity (Wildman–Crippen MR) is 105 cm³/mol. The zero-order valence-electron chi connectivity index (χ0n) is 15.4. The number of rotatable bonds is 6. The zero-order valence-corrected chi connectivity index (χ0v) is 16.2. The summed E-state index contributed by atoms with van der Waals surface area (Å²) >= 11 is 1.45. The Labute approximate surface area is 163 Å². The summed E-state index contributed by atoms with van der Waals surface area (Å²) in [6.07, 6.45) is 3.10. The highest BCUT2D eigenvalue weighted by Gasteiger charge is 2.47. The number of hydrogen-bond acceptors (Lipinski definition) is 4. The average molecular weight is 385 g/mol. The number of carbonyl (C=O) groups is 2. The van der Waals surface area contributed by atoms with E-state index in [1.807, 2.05) is 46.7 Å². The topological polar surface area (TPSA) is 58.6 Å². The number of fused-ring (bicyclic) bond motifs is 2. The molecule has 1 aliphatic heterocycles. The van der Waals surface area contributed by atoms with Crippen molar-refractivity contribution in [3.63, 3.8) is 0 Å². The summed E-state index contributed by atoms with van der Waals surface area (Å²) in [5.74, 6) is 1.47. The minimum atomic E-state index is -0.0241. The van der Waals surface area contributed by atoms with Gasteiger partial charge in [0.05, 0.1) is 18.0 Å². The van der Waals surface area contributed by atoms with E-state index in [0.29, 0.717) is 18.8 Å². The van der Waals surface area contributed by atoms with E-state index in [2.05, 4.69) is 5.32 Å². The Morgan fingerprint density at radius 2 is 2.07 bits per heavy atom.